The number of aryl methyl sites for hydroxylation is 2. The first-order valence-electron chi connectivity index (χ1n) is 9.28. The molecule has 4 aromatic rings. The predicted molar refractivity (Wildman–Crippen MR) is 116 cm³/mol. The monoisotopic (exact) mass is 441 g/mol. The zero-order chi connectivity index (χ0) is 22.3. The zero-order valence-electron chi connectivity index (χ0n) is 17.3. The van der Waals surface area contributed by atoms with Crippen molar-refractivity contribution in [2.24, 2.45) is 0 Å². The van der Waals surface area contributed by atoms with E-state index in [2.05, 4.69) is 30.5 Å². The fraction of sp³-hybridized carbons (Fsp3) is 0.200. The van der Waals surface area contributed by atoms with E-state index in [-0.39, 0.29) is 10.6 Å². The molecule has 0 aliphatic rings. The maximum absolute atomic E-state index is 13.9. The lowest BCUT2D eigenvalue weighted by molar-refractivity contribution is 0.601. The fourth-order valence-electron chi connectivity index (χ4n) is 3.06. The number of aromatic nitrogens is 5. The molecule has 0 amide bonds. The molecule has 0 radical (unpaired) electrons. The average Bonchev–Trinajstić information content (AvgIpc) is 3.08. The van der Waals surface area contributed by atoms with Gasteiger partial charge in [0, 0.05) is 25.2 Å². The summed E-state index contributed by atoms with van der Waals surface area (Å²) < 4.78 is 37.9. The summed E-state index contributed by atoms with van der Waals surface area (Å²) in [4.78, 5) is 14.8. The Kier molecular flexibility index (Phi) is 5.05. The number of benzene rings is 1. The molecular formula is C20H20FN7O2S. The molecule has 3 aromatic heterocycles. The Hall–Kier alpha value is -3.60. The largest absolute Gasteiger partial charge is 0.323 e. The molecule has 9 nitrogen and oxygen atoms in total. The molecule has 0 fully saturated rings. The van der Waals surface area contributed by atoms with Gasteiger partial charge in [0.05, 0.1) is 16.0 Å². The van der Waals surface area contributed by atoms with Crippen molar-refractivity contribution >= 4 is 44.1 Å². The molecule has 0 saturated heterocycles. The minimum atomic E-state index is -3.36. The van der Waals surface area contributed by atoms with E-state index in [1.165, 1.54) is 12.3 Å². The van der Waals surface area contributed by atoms with E-state index in [1.807, 2.05) is 13.0 Å². The van der Waals surface area contributed by atoms with Gasteiger partial charge in [0.2, 0.25) is 5.95 Å². The SMILES string of the molecule is Cc1cc(N(C)c2nccc(Nc3n[nH]c4nc(C)c(F)cc34)n2)cc(S(C)(=O)=O)c1. The summed E-state index contributed by atoms with van der Waals surface area (Å²) in [5, 5.41) is 10.5. The third-order valence-electron chi connectivity index (χ3n) is 4.72. The Morgan fingerprint density at radius 2 is 1.90 bits per heavy atom. The summed E-state index contributed by atoms with van der Waals surface area (Å²) in [6, 6.07) is 8.04. The first kappa shape index (κ1) is 20.7. The van der Waals surface area contributed by atoms with Gasteiger partial charge >= 0.3 is 0 Å². The Morgan fingerprint density at radius 3 is 2.65 bits per heavy atom. The van der Waals surface area contributed by atoms with Crippen LogP contribution >= 0.6 is 0 Å². The lowest BCUT2D eigenvalue weighted by atomic mass is 10.2. The molecule has 0 aliphatic heterocycles. The molecule has 2 N–H and O–H groups in total. The van der Waals surface area contributed by atoms with Crippen LogP contribution in [0.25, 0.3) is 11.0 Å². The number of rotatable bonds is 5. The van der Waals surface area contributed by atoms with E-state index in [9.17, 15) is 12.8 Å². The van der Waals surface area contributed by atoms with Gasteiger partial charge in [-0.2, -0.15) is 10.1 Å². The van der Waals surface area contributed by atoms with Gasteiger partial charge < -0.3 is 10.2 Å². The number of pyridine rings is 1. The summed E-state index contributed by atoms with van der Waals surface area (Å²) in [6.07, 6.45) is 2.73. The van der Waals surface area contributed by atoms with Gasteiger partial charge in [-0.15, -0.1) is 0 Å². The highest BCUT2D eigenvalue weighted by molar-refractivity contribution is 7.90. The van der Waals surface area contributed by atoms with Crippen molar-refractivity contribution in [1.29, 1.82) is 0 Å². The zero-order valence-corrected chi connectivity index (χ0v) is 18.1. The Balaban J connectivity index is 1.66. The number of sulfone groups is 1. The highest BCUT2D eigenvalue weighted by Crippen LogP contribution is 2.27. The topological polar surface area (TPSA) is 117 Å². The smallest absolute Gasteiger partial charge is 0.231 e. The molecule has 0 atom stereocenters. The van der Waals surface area contributed by atoms with Crippen LogP contribution < -0.4 is 10.2 Å². The first-order chi connectivity index (χ1) is 14.6. The van der Waals surface area contributed by atoms with E-state index >= 15 is 0 Å². The Morgan fingerprint density at radius 1 is 1.13 bits per heavy atom. The lowest BCUT2D eigenvalue weighted by Crippen LogP contribution is -2.14. The number of halogens is 1. The number of hydrogen-bond donors (Lipinski definition) is 2. The van der Waals surface area contributed by atoms with Crippen molar-refractivity contribution in [1.82, 2.24) is 25.1 Å². The van der Waals surface area contributed by atoms with Crippen molar-refractivity contribution in [3.8, 4) is 0 Å². The van der Waals surface area contributed by atoms with E-state index < -0.39 is 15.7 Å². The molecule has 3 heterocycles. The van der Waals surface area contributed by atoms with E-state index in [0.717, 1.165) is 5.56 Å². The molecule has 0 saturated carbocycles. The second-order valence-corrected chi connectivity index (χ2v) is 9.24. The molecule has 1 aromatic carbocycles. The minimum absolute atomic E-state index is 0.219. The van der Waals surface area contributed by atoms with Gasteiger partial charge in [0.25, 0.3) is 0 Å². The number of anilines is 4. The van der Waals surface area contributed by atoms with Gasteiger partial charge in [-0.1, -0.05) is 0 Å². The third-order valence-corrected chi connectivity index (χ3v) is 5.81. The Labute approximate surface area is 178 Å². The van der Waals surface area contributed by atoms with Gasteiger partial charge in [-0.3, -0.25) is 5.10 Å². The maximum atomic E-state index is 13.9. The van der Waals surface area contributed by atoms with E-state index in [1.54, 1.807) is 43.3 Å². The van der Waals surface area contributed by atoms with Crippen LogP contribution in [0, 0.1) is 19.7 Å². The Bertz CT molecular complexity index is 1400. The number of hydrogen-bond acceptors (Lipinski definition) is 8. The molecule has 160 valence electrons. The first-order valence-corrected chi connectivity index (χ1v) is 11.2. The van der Waals surface area contributed by atoms with E-state index in [4.69, 9.17) is 0 Å². The molecule has 0 unspecified atom stereocenters. The average molecular weight is 441 g/mol. The molecule has 0 aliphatic carbocycles. The minimum Gasteiger partial charge on any atom is -0.323 e. The van der Waals surface area contributed by atoms with Gasteiger partial charge in [-0.05, 0) is 49.7 Å². The van der Waals surface area contributed by atoms with Crippen molar-refractivity contribution < 1.29 is 12.8 Å². The highest BCUT2D eigenvalue weighted by Gasteiger charge is 2.15. The van der Waals surface area contributed by atoms with Gasteiger partial charge in [-0.25, -0.2) is 22.8 Å². The lowest BCUT2D eigenvalue weighted by Gasteiger charge is -2.19. The maximum Gasteiger partial charge on any atom is 0.231 e. The van der Waals surface area contributed by atoms with Crippen molar-refractivity contribution in [2.75, 3.05) is 23.5 Å². The van der Waals surface area contributed by atoms with Crippen LogP contribution in [0.4, 0.5) is 27.7 Å². The van der Waals surface area contributed by atoms with Gasteiger partial charge in [0.15, 0.2) is 21.3 Å². The second-order valence-electron chi connectivity index (χ2n) is 7.23. The second kappa shape index (κ2) is 7.58. The molecule has 4 rings (SSSR count). The van der Waals surface area contributed by atoms with Gasteiger partial charge in [0.1, 0.15) is 11.6 Å². The van der Waals surface area contributed by atoms with Crippen LogP contribution in [0.5, 0.6) is 0 Å². The van der Waals surface area contributed by atoms with Crippen LogP contribution in [-0.2, 0) is 9.84 Å². The normalized spacial score (nSPS) is 11.6. The van der Waals surface area contributed by atoms with Crippen molar-refractivity contribution in [3.05, 3.63) is 53.6 Å². The standard InChI is InChI=1S/C20H20FN7O2S/c1-11-7-13(9-14(8-11)31(4,29)30)28(3)20-22-6-5-17(25-20)24-19-15-10-16(21)12(2)23-18(15)26-27-19/h5-10H,1-4H3,(H2,22,23,24,25,26,27). The molecular weight excluding hydrogens is 421 g/mol. The van der Waals surface area contributed by atoms with Crippen molar-refractivity contribution in [3.63, 3.8) is 0 Å². The number of H-pyrrole nitrogens is 1. The van der Waals surface area contributed by atoms with Crippen LogP contribution in [0.1, 0.15) is 11.3 Å². The predicted octanol–water partition coefficient (Wildman–Crippen LogP) is 3.42. The number of nitrogens with one attached hydrogen (secondary N) is 2. The molecule has 0 spiro atoms. The summed E-state index contributed by atoms with van der Waals surface area (Å²) in [5.41, 5.74) is 2.16. The molecule has 31 heavy (non-hydrogen) atoms. The van der Waals surface area contributed by atoms with Crippen LogP contribution in [0.3, 0.4) is 0 Å². The summed E-state index contributed by atoms with van der Waals surface area (Å²) >= 11 is 0. The molecule has 11 heteroatoms. The fourth-order valence-corrected chi connectivity index (χ4v) is 3.80. The van der Waals surface area contributed by atoms with Crippen LogP contribution in [0.15, 0.2) is 41.4 Å². The number of fused-ring (bicyclic) bond motifs is 1. The summed E-state index contributed by atoms with van der Waals surface area (Å²) in [6.45, 7) is 3.40. The number of aromatic amines is 1. The summed E-state index contributed by atoms with van der Waals surface area (Å²) in [5.74, 6) is 0.724. The van der Waals surface area contributed by atoms with E-state index in [0.29, 0.717) is 34.3 Å². The number of nitrogens with zero attached hydrogens (tertiary/aromatic N) is 5. The van der Waals surface area contributed by atoms with Crippen LogP contribution in [-0.4, -0.2) is 46.9 Å². The quantitative estimate of drug-likeness (QED) is 0.484. The van der Waals surface area contributed by atoms with Crippen LogP contribution in [0.2, 0.25) is 0 Å². The summed E-state index contributed by atoms with van der Waals surface area (Å²) in [7, 11) is -1.62. The van der Waals surface area contributed by atoms with Crippen molar-refractivity contribution in [2.45, 2.75) is 18.7 Å². The highest BCUT2D eigenvalue weighted by atomic mass is 32.2. The third kappa shape index (κ3) is 4.17. The molecule has 0 bridgehead atoms.